The summed E-state index contributed by atoms with van der Waals surface area (Å²) in [5, 5.41) is 0. The molecule has 0 radical (unpaired) electrons. The minimum absolute atomic E-state index is 0. The number of pyridine rings is 6. The first-order valence-corrected chi connectivity index (χ1v) is 14.5. The molecule has 12 nitrogen and oxygen atoms in total. The molecule has 0 aliphatic heterocycles. The van der Waals surface area contributed by atoms with Crippen LogP contribution in [0.3, 0.4) is 0 Å². The molecule has 6 aromatic heterocycles. The molecule has 0 aliphatic rings. The van der Waals surface area contributed by atoms with Crippen LogP contribution in [0, 0.1) is 0 Å². The topological polar surface area (TPSA) is 133 Å². The molecule has 6 aromatic rings. The van der Waals surface area contributed by atoms with Gasteiger partial charge in [0.05, 0.1) is 76.8 Å². The molecule has 0 atom stereocenters. The van der Waals surface area contributed by atoms with Gasteiger partial charge in [-0.15, -0.1) is 0 Å². The van der Waals surface area contributed by atoms with Crippen molar-refractivity contribution in [1.29, 1.82) is 0 Å². The summed E-state index contributed by atoms with van der Waals surface area (Å²) in [6.07, 6.45) is 10.1. The number of hydrogen-bond acceptors (Lipinski definition) is 12. The van der Waals surface area contributed by atoms with Gasteiger partial charge in [-0.05, 0) is 36.4 Å². The molecule has 0 saturated heterocycles. The first kappa shape index (κ1) is 37.7. The van der Waals surface area contributed by atoms with E-state index in [4.69, 9.17) is 28.4 Å². The second kappa shape index (κ2) is 19.8. The van der Waals surface area contributed by atoms with Crippen LogP contribution in [0.2, 0.25) is 0 Å². The maximum atomic E-state index is 5.13. The molecular formula is C36H36CoN6O6+3. The standard InChI is InChI=1S/3C12H12N2O2.Co/c3*1-15-9-3-5-13-11(7-9)12-8-10(16-2)4-6-14-12;/h3*3-8H,1-2H3;/q;;;+3. The molecule has 0 N–H and O–H groups in total. The second-order valence-electron chi connectivity index (χ2n) is 9.49. The summed E-state index contributed by atoms with van der Waals surface area (Å²) in [6.45, 7) is 0. The first-order valence-electron chi connectivity index (χ1n) is 14.5. The maximum Gasteiger partial charge on any atom is 3.00 e. The minimum Gasteiger partial charge on any atom is -0.497 e. The van der Waals surface area contributed by atoms with Gasteiger partial charge in [0.15, 0.2) is 0 Å². The maximum absolute atomic E-state index is 5.13. The van der Waals surface area contributed by atoms with E-state index in [1.54, 1.807) is 116 Å². The molecule has 6 rings (SSSR count). The van der Waals surface area contributed by atoms with Gasteiger partial charge in [0.25, 0.3) is 0 Å². The number of nitrogens with zero attached hydrogens (tertiary/aromatic N) is 6. The average Bonchev–Trinajstić information content (AvgIpc) is 3.18. The first-order chi connectivity index (χ1) is 23.5. The van der Waals surface area contributed by atoms with Crippen LogP contribution >= 0.6 is 0 Å². The Balaban J connectivity index is 0.000000197. The zero-order valence-electron chi connectivity index (χ0n) is 27.9. The zero-order chi connectivity index (χ0) is 34.1. The SMILES string of the molecule is COc1ccnc(-c2cc(OC)ccn2)c1.COc1ccnc(-c2cc(OC)ccn2)c1.COc1ccnc(-c2cc(OC)ccn2)c1.[Co+3]. The Hall–Kier alpha value is -5.79. The largest absolute Gasteiger partial charge is 3.00 e. The molecule has 252 valence electrons. The van der Waals surface area contributed by atoms with E-state index in [1.807, 2.05) is 36.4 Å². The predicted octanol–water partition coefficient (Wildman–Crippen LogP) is 6.48. The van der Waals surface area contributed by atoms with Crippen molar-refractivity contribution in [2.24, 2.45) is 0 Å². The van der Waals surface area contributed by atoms with Gasteiger partial charge in [-0.2, -0.15) is 0 Å². The van der Waals surface area contributed by atoms with Crippen LogP contribution in [0.15, 0.2) is 110 Å². The van der Waals surface area contributed by atoms with Crippen LogP contribution in [-0.4, -0.2) is 72.6 Å². The molecule has 13 heteroatoms. The second-order valence-corrected chi connectivity index (χ2v) is 9.49. The molecular weight excluding hydrogens is 671 g/mol. The Morgan fingerprint density at radius 3 is 0.551 bits per heavy atom. The Morgan fingerprint density at radius 2 is 0.429 bits per heavy atom. The number of hydrogen-bond donors (Lipinski definition) is 0. The van der Waals surface area contributed by atoms with E-state index in [0.29, 0.717) is 0 Å². The van der Waals surface area contributed by atoms with Crippen LogP contribution in [0.5, 0.6) is 34.5 Å². The number of rotatable bonds is 9. The summed E-state index contributed by atoms with van der Waals surface area (Å²) < 4.78 is 30.8. The van der Waals surface area contributed by atoms with Crippen molar-refractivity contribution in [2.45, 2.75) is 0 Å². The monoisotopic (exact) mass is 707 g/mol. The van der Waals surface area contributed by atoms with Gasteiger partial charge < -0.3 is 28.4 Å². The molecule has 0 spiro atoms. The fourth-order valence-corrected chi connectivity index (χ4v) is 4.07. The van der Waals surface area contributed by atoms with E-state index in [1.165, 1.54) is 0 Å². The summed E-state index contributed by atoms with van der Waals surface area (Å²) in [4.78, 5) is 25.4. The fraction of sp³-hybridized carbons (Fsp3) is 0.167. The number of aromatic nitrogens is 6. The Bertz CT molecular complexity index is 1540. The Labute approximate surface area is 295 Å². The van der Waals surface area contributed by atoms with Crippen molar-refractivity contribution in [1.82, 2.24) is 29.9 Å². The van der Waals surface area contributed by atoms with Crippen LogP contribution in [0.4, 0.5) is 0 Å². The van der Waals surface area contributed by atoms with Gasteiger partial charge in [-0.3, -0.25) is 29.9 Å². The molecule has 0 aromatic carbocycles. The van der Waals surface area contributed by atoms with Crippen molar-refractivity contribution in [3.8, 4) is 68.7 Å². The van der Waals surface area contributed by atoms with Crippen molar-refractivity contribution >= 4 is 0 Å². The van der Waals surface area contributed by atoms with Crippen molar-refractivity contribution in [2.75, 3.05) is 42.7 Å². The molecule has 0 bridgehead atoms. The summed E-state index contributed by atoms with van der Waals surface area (Å²) >= 11 is 0. The van der Waals surface area contributed by atoms with E-state index < -0.39 is 0 Å². The van der Waals surface area contributed by atoms with Gasteiger partial charge in [0.1, 0.15) is 34.5 Å². The Kier molecular flexibility index (Phi) is 15.2. The summed E-state index contributed by atoms with van der Waals surface area (Å²) in [5.74, 6) is 4.55. The van der Waals surface area contributed by atoms with Crippen molar-refractivity contribution in [3.05, 3.63) is 110 Å². The summed E-state index contributed by atoms with van der Waals surface area (Å²) in [6, 6.07) is 21.8. The average molecular weight is 708 g/mol. The predicted molar refractivity (Wildman–Crippen MR) is 182 cm³/mol. The zero-order valence-corrected chi connectivity index (χ0v) is 28.9. The minimum atomic E-state index is 0. The molecule has 6 heterocycles. The van der Waals surface area contributed by atoms with Gasteiger partial charge >= 0.3 is 16.8 Å². The molecule has 0 saturated carbocycles. The van der Waals surface area contributed by atoms with Gasteiger partial charge in [-0.1, -0.05) is 0 Å². The molecule has 0 aliphatic carbocycles. The van der Waals surface area contributed by atoms with Crippen LogP contribution in [0.1, 0.15) is 0 Å². The van der Waals surface area contributed by atoms with Crippen LogP contribution in [0.25, 0.3) is 34.2 Å². The summed E-state index contributed by atoms with van der Waals surface area (Å²) in [5.41, 5.74) is 4.57. The van der Waals surface area contributed by atoms with E-state index in [9.17, 15) is 0 Å². The molecule has 49 heavy (non-hydrogen) atoms. The van der Waals surface area contributed by atoms with Crippen molar-refractivity contribution in [3.63, 3.8) is 0 Å². The van der Waals surface area contributed by atoms with E-state index in [-0.39, 0.29) is 16.8 Å². The smallest absolute Gasteiger partial charge is 0.497 e. The van der Waals surface area contributed by atoms with E-state index in [0.717, 1.165) is 68.7 Å². The van der Waals surface area contributed by atoms with Gasteiger partial charge in [0.2, 0.25) is 0 Å². The molecule has 0 fully saturated rings. The normalized spacial score (nSPS) is 9.67. The third-order valence-electron chi connectivity index (χ3n) is 6.59. The van der Waals surface area contributed by atoms with Crippen molar-refractivity contribution < 1.29 is 45.2 Å². The van der Waals surface area contributed by atoms with E-state index in [2.05, 4.69) is 29.9 Å². The molecule has 0 unspecified atom stereocenters. The van der Waals surface area contributed by atoms with E-state index >= 15 is 0 Å². The Morgan fingerprint density at radius 1 is 0.286 bits per heavy atom. The third-order valence-corrected chi connectivity index (χ3v) is 6.59. The fourth-order valence-electron chi connectivity index (χ4n) is 4.07. The summed E-state index contributed by atoms with van der Waals surface area (Å²) in [7, 11) is 9.74. The van der Waals surface area contributed by atoms with Crippen LogP contribution in [-0.2, 0) is 16.8 Å². The molecule has 0 amide bonds. The quantitative estimate of drug-likeness (QED) is 0.163. The number of ether oxygens (including phenoxy) is 6. The van der Waals surface area contributed by atoms with Gasteiger partial charge in [0, 0.05) is 73.6 Å². The van der Waals surface area contributed by atoms with Gasteiger partial charge in [-0.25, -0.2) is 0 Å². The van der Waals surface area contributed by atoms with Crippen LogP contribution < -0.4 is 28.4 Å². The number of methoxy groups -OCH3 is 6. The third kappa shape index (κ3) is 11.2.